The molecular weight excluding hydrogens is 609 g/mol. The van der Waals surface area contributed by atoms with E-state index in [-0.39, 0.29) is 0 Å². The molecule has 0 saturated heterocycles. The maximum Gasteiger partial charge on any atom is 0.160 e. The molecule has 10 aromatic rings. The fourth-order valence-electron chi connectivity index (χ4n) is 7.17. The van der Waals surface area contributed by atoms with Gasteiger partial charge in [-0.15, -0.1) is 0 Å². The fourth-order valence-corrected chi connectivity index (χ4v) is 7.17. The first-order chi connectivity index (χ1) is 24.7. The lowest BCUT2D eigenvalue weighted by atomic mass is 9.89. The summed E-state index contributed by atoms with van der Waals surface area (Å²) >= 11 is 0. The molecule has 10 rings (SSSR count). The van der Waals surface area contributed by atoms with Gasteiger partial charge in [-0.3, -0.25) is 0 Å². The second kappa shape index (κ2) is 11.4. The van der Waals surface area contributed by atoms with E-state index < -0.39 is 0 Å². The Labute approximate surface area is 288 Å². The quantitative estimate of drug-likeness (QED) is 0.176. The van der Waals surface area contributed by atoms with E-state index in [9.17, 15) is 0 Å². The van der Waals surface area contributed by atoms with Crippen molar-refractivity contribution in [3.05, 3.63) is 170 Å². The van der Waals surface area contributed by atoms with Crippen molar-refractivity contribution in [3.63, 3.8) is 0 Å². The van der Waals surface area contributed by atoms with Gasteiger partial charge in [0, 0.05) is 33.8 Å². The van der Waals surface area contributed by atoms with Crippen LogP contribution in [0.1, 0.15) is 0 Å². The van der Waals surface area contributed by atoms with Crippen molar-refractivity contribution in [2.24, 2.45) is 0 Å². The van der Waals surface area contributed by atoms with Gasteiger partial charge in [0.1, 0.15) is 0 Å². The largest absolute Gasteiger partial charge is 0.236 e. The molecule has 8 aromatic carbocycles. The van der Waals surface area contributed by atoms with Gasteiger partial charge in [-0.05, 0) is 55.6 Å². The highest BCUT2D eigenvalue weighted by Gasteiger charge is 2.14. The fraction of sp³-hybridized carbons (Fsp3) is 0. The number of aromatic nitrogens is 4. The third kappa shape index (κ3) is 4.77. The predicted octanol–water partition coefficient (Wildman–Crippen LogP) is 11.7. The van der Waals surface area contributed by atoms with Gasteiger partial charge in [-0.2, -0.15) is 0 Å². The molecule has 0 aliphatic heterocycles. The number of hydrogen-bond acceptors (Lipinski definition) is 4. The summed E-state index contributed by atoms with van der Waals surface area (Å²) in [6.07, 6.45) is 1.87. The molecule has 0 bridgehead atoms. The molecule has 0 spiro atoms. The van der Waals surface area contributed by atoms with Crippen molar-refractivity contribution in [2.45, 2.75) is 0 Å². The maximum atomic E-state index is 5.11. The Kier molecular flexibility index (Phi) is 6.46. The second-order valence-electron chi connectivity index (χ2n) is 12.7. The summed E-state index contributed by atoms with van der Waals surface area (Å²) in [5.41, 5.74) is 9.04. The predicted molar refractivity (Wildman–Crippen MR) is 206 cm³/mol. The average Bonchev–Trinajstić information content (AvgIpc) is 3.20. The minimum atomic E-state index is 0.670. The molecule has 0 amide bonds. The number of fused-ring (bicyclic) bond motifs is 1. The van der Waals surface area contributed by atoms with E-state index in [0.717, 1.165) is 44.5 Å². The molecule has 2 aromatic heterocycles. The van der Waals surface area contributed by atoms with Crippen LogP contribution >= 0.6 is 0 Å². The summed E-state index contributed by atoms with van der Waals surface area (Å²) in [6.45, 7) is 0. The zero-order valence-corrected chi connectivity index (χ0v) is 27.0. The molecule has 0 aliphatic carbocycles. The van der Waals surface area contributed by atoms with Gasteiger partial charge in [0.05, 0.1) is 16.9 Å². The number of para-hydroxylation sites is 1. The summed E-state index contributed by atoms with van der Waals surface area (Å²) in [5.74, 6) is 1.36. The molecule has 0 atom stereocenters. The Morgan fingerprint density at radius 1 is 0.340 bits per heavy atom. The van der Waals surface area contributed by atoms with Crippen LogP contribution in [-0.2, 0) is 0 Å². The van der Waals surface area contributed by atoms with Crippen molar-refractivity contribution in [2.75, 3.05) is 0 Å². The van der Waals surface area contributed by atoms with Gasteiger partial charge >= 0.3 is 0 Å². The number of rotatable bonds is 5. The average molecular weight is 637 g/mol. The van der Waals surface area contributed by atoms with E-state index in [4.69, 9.17) is 15.0 Å². The van der Waals surface area contributed by atoms with Crippen LogP contribution in [0.25, 0.3) is 99.6 Å². The van der Waals surface area contributed by atoms with Crippen LogP contribution in [0.2, 0.25) is 0 Å². The molecule has 0 aliphatic rings. The van der Waals surface area contributed by atoms with E-state index in [1.165, 1.54) is 43.4 Å². The van der Waals surface area contributed by atoms with Gasteiger partial charge in [-0.25, -0.2) is 19.9 Å². The highest BCUT2D eigenvalue weighted by Crippen LogP contribution is 2.40. The molecule has 232 valence electrons. The van der Waals surface area contributed by atoms with Gasteiger partial charge in [-0.1, -0.05) is 152 Å². The normalized spacial score (nSPS) is 11.6. The van der Waals surface area contributed by atoms with Crippen LogP contribution in [-0.4, -0.2) is 19.9 Å². The summed E-state index contributed by atoms with van der Waals surface area (Å²) in [6, 6.07) is 57.4. The first kappa shape index (κ1) is 28.3. The monoisotopic (exact) mass is 636 g/mol. The topological polar surface area (TPSA) is 51.6 Å². The zero-order valence-electron chi connectivity index (χ0n) is 27.0. The van der Waals surface area contributed by atoms with Crippen molar-refractivity contribution in [3.8, 4) is 56.4 Å². The van der Waals surface area contributed by atoms with E-state index in [0.29, 0.717) is 11.6 Å². The molecule has 0 N–H and O–H groups in total. The van der Waals surface area contributed by atoms with Crippen LogP contribution in [0, 0.1) is 0 Å². The van der Waals surface area contributed by atoms with Crippen molar-refractivity contribution in [1.82, 2.24) is 19.9 Å². The van der Waals surface area contributed by atoms with Gasteiger partial charge in [0.2, 0.25) is 0 Å². The van der Waals surface area contributed by atoms with Crippen LogP contribution in [0.15, 0.2) is 170 Å². The standard InChI is InChI=1S/C46H28N4/c1-2-7-30(8-3-1)41-27-42(50-46(49-41)36-21-19-35(20-22-36)45-47-28-37-9-4-5-12-40(37)48-45)31-15-13-29(14-16-31)38-25-23-34-18-17-32-10-6-11-33-24-26-39(38)44(34)43(32)33/h1-28H. The minimum Gasteiger partial charge on any atom is -0.236 e. The Hall–Kier alpha value is -6.78. The molecule has 2 heterocycles. The molecule has 50 heavy (non-hydrogen) atoms. The molecule has 4 heteroatoms. The highest BCUT2D eigenvalue weighted by molar-refractivity contribution is 6.25. The SMILES string of the molecule is c1ccc(-c2cc(-c3ccc(-c4ccc5ccc6cccc7ccc4c5c67)cc3)nc(-c3ccc(-c4ncc5ccccc5n4)cc3)n2)cc1. The van der Waals surface area contributed by atoms with Crippen LogP contribution < -0.4 is 0 Å². The van der Waals surface area contributed by atoms with Crippen LogP contribution in [0.5, 0.6) is 0 Å². The van der Waals surface area contributed by atoms with Crippen molar-refractivity contribution >= 4 is 43.2 Å². The zero-order chi connectivity index (χ0) is 33.0. The molecular formula is C46H28N4. The smallest absolute Gasteiger partial charge is 0.160 e. The lowest BCUT2D eigenvalue weighted by Crippen LogP contribution is -1.96. The third-order valence-corrected chi connectivity index (χ3v) is 9.71. The van der Waals surface area contributed by atoms with Crippen molar-refractivity contribution in [1.29, 1.82) is 0 Å². The Bertz CT molecular complexity index is 2830. The second-order valence-corrected chi connectivity index (χ2v) is 12.7. The van der Waals surface area contributed by atoms with E-state index in [2.05, 4.69) is 114 Å². The number of nitrogens with zero attached hydrogens (tertiary/aromatic N) is 4. The summed E-state index contributed by atoms with van der Waals surface area (Å²) in [4.78, 5) is 19.5. The number of benzene rings is 8. The molecule has 4 nitrogen and oxygen atoms in total. The van der Waals surface area contributed by atoms with E-state index >= 15 is 0 Å². The summed E-state index contributed by atoms with van der Waals surface area (Å²) < 4.78 is 0. The maximum absolute atomic E-state index is 5.11. The molecule has 0 unspecified atom stereocenters. The first-order valence-corrected chi connectivity index (χ1v) is 16.8. The molecule has 0 radical (unpaired) electrons. The van der Waals surface area contributed by atoms with Crippen LogP contribution in [0.4, 0.5) is 0 Å². The lowest BCUT2D eigenvalue weighted by Gasteiger charge is -2.14. The Morgan fingerprint density at radius 2 is 0.900 bits per heavy atom. The lowest BCUT2D eigenvalue weighted by molar-refractivity contribution is 1.18. The first-order valence-electron chi connectivity index (χ1n) is 16.8. The summed E-state index contributed by atoms with van der Waals surface area (Å²) in [7, 11) is 0. The Morgan fingerprint density at radius 3 is 1.66 bits per heavy atom. The number of hydrogen-bond donors (Lipinski definition) is 0. The third-order valence-electron chi connectivity index (χ3n) is 9.71. The summed E-state index contributed by atoms with van der Waals surface area (Å²) in [5, 5.41) is 8.78. The van der Waals surface area contributed by atoms with Crippen LogP contribution in [0.3, 0.4) is 0 Å². The highest BCUT2D eigenvalue weighted by atomic mass is 14.9. The van der Waals surface area contributed by atoms with Gasteiger partial charge in [0.25, 0.3) is 0 Å². The van der Waals surface area contributed by atoms with E-state index in [1.807, 2.05) is 60.8 Å². The van der Waals surface area contributed by atoms with Gasteiger partial charge < -0.3 is 0 Å². The van der Waals surface area contributed by atoms with Gasteiger partial charge in [0.15, 0.2) is 11.6 Å². The minimum absolute atomic E-state index is 0.670. The molecule has 0 saturated carbocycles. The van der Waals surface area contributed by atoms with Crippen molar-refractivity contribution < 1.29 is 0 Å². The molecule has 0 fully saturated rings. The Balaban J connectivity index is 1.04. The van der Waals surface area contributed by atoms with E-state index in [1.54, 1.807) is 0 Å².